The molecule has 1 aliphatic carbocycles. The number of esters is 1. The van der Waals surface area contributed by atoms with E-state index < -0.39 is 6.10 Å². The third kappa shape index (κ3) is 5.97. The summed E-state index contributed by atoms with van der Waals surface area (Å²) in [6, 6.07) is 17.3. The third-order valence-corrected chi connectivity index (χ3v) is 5.91. The van der Waals surface area contributed by atoms with Gasteiger partial charge in [-0.05, 0) is 80.6 Å². The van der Waals surface area contributed by atoms with Gasteiger partial charge in [0, 0.05) is 30.0 Å². The van der Waals surface area contributed by atoms with Crippen molar-refractivity contribution in [2.24, 2.45) is 0 Å². The van der Waals surface area contributed by atoms with Gasteiger partial charge in [-0.1, -0.05) is 18.2 Å². The molecule has 6 nitrogen and oxygen atoms in total. The van der Waals surface area contributed by atoms with Crippen LogP contribution in [-0.2, 0) is 17.6 Å². The topological polar surface area (TPSA) is 80.7 Å². The Balaban J connectivity index is 1.38. The number of pyridine rings is 1. The van der Waals surface area contributed by atoms with Crippen LogP contribution >= 0.6 is 0 Å². The Bertz CT molecular complexity index is 1100. The third-order valence-electron chi connectivity index (χ3n) is 5.91. The molecule has 4 rings (SSSR count). The lowest BCUT2D eigenvalue weighted by atomic mass is 9.88. The van der Waals surface area contributed by atoms with Gasteiger partial charge < -0.3 is 19.9 Å². The Morgan fingerprint density at radius 3 is 2.79 bits per heavy atom. The fourth-order valence-corrected chi connectivity index (χ4v) is 4.08. The second-order valence-electron chi connectivity index (χ2n) is 8.38. The maximum atomic E-state index is 12.0. The van der Waals surface area contributed by atoms with Gasteiger partial charge in [0.25, 0.3) is 0 Å². The zero-order valence-corrected chi connectivity index (χ0v) is 19.1. The monoisotopic (exact) mass is 446 g/mol. The molecule has 6 heteroatoms. The lowest BCUT2D eigenvalue weighted by molar-refractivity contribution is 0.0526. The number of nitrogens with one attached hydrogen (secondary N) is 1. The molecular weight excluding hydrogens is 416 g/mol. The van der Waals surface area contributed by atoms with Crippen LogP contribution < -0.4 is 10.1 Å². The van der Waals surface area contributed by atoms with Gasteiger partial charge in [0.1, 0.15) is 11.5 Å². The number of rotatable bonds is 8. The largest absolute Gasteiger partial charge is 0.462 e. The van der Waals surface area contributed by atoms with Crippen LogP contribution in [0.3, 0.4) is 0 Å². The summed E-state index contributed by atoms with van der Waals surface area (Å²) >= 11 is 0. The first kappa shape index (κ1) is 23.0. The van der Waals surface area contributed by atoms with Gasteiger partial charge in [-0.2, -0.15) is 0 Å². The van der Waals surface area contributed by atoms with E-state index in [2.05, 4.69) is 22.4 Å². The Morgan fingerprint density at radius 1 is 1.15 bits per heavy atom. The summed E-state index contributed by atoms with van der Waals surface area (Å²) in [5.41, 5.74) is 4.80. The van der Waals surface area contributed by atoms with Gasteiger partial charge in [-0.3, -0.25) is 4.98 Å². The predicted octanol–water partition coefficient (Wildman–Crippen LogP) is 4.54. The second-order valence-corrected chi connectivity index (χ2v) is 8.38. The molecule has 2 N–H and O–H groups in total. The van der Waals surface area contributed by atoms with Crippen LogP contribution in [0, 0.1) is 6.92 Å². The molecule has 0 radical (unpaired) electrons. The number of aromatic nitrogens is 1. The van der Waals surface area contributed by atoms with Gasteiger partial charge in [-0.15, -0.1) is 0 Å². The van der Waals surface area contributed by atoms with E-state index in [1.807, 2.05) is 31.2 Å². The van der Waals surface area contributed by atoms with Crippen LogP contribution in [0.4, 0.5) is 0 Å². The highest BCUT2D eigenvalue weighted by molar-refractivity contribution is 5.89. The molecule has 0 saturated heterocycles. The number of aryl methyl sites for hydroxylation is 2. The van der Waals surface area contributed by atoms with E-state index in [-0.39, 0.29) is 12.0 Å². The summed E-state index contributed by atoms with van der Waals surface area (Å²) in [7, 11) is 0. The lowest BCUT2D eigenvalue weighted by Gasteiger charge is -2.27. The van der Waals surface area contributed by atoms with E-state index in [1.165, 1.54) is 11.1 Å². The van der Waals surface area contributed by atoms with Crippen molar-refractivity contribution in [3.05, 3.63) is 88.7 Å². The molecule has 0 amide bonds. The number of ether oxygens (including phenoxy) is 2. The second kappa shape index (κ2) is 10.6. The van der Waals surface area contributed by atoms with Crippen molar-refractivity contribution in [3.63, 3.8) is 0 Å². The SMILES string of the molecule is CCOC(=O)c1cccc(Oc2ccc3c(c2)C[C@@H](NC[C@@H](O)c2ccc(C)nc2)CC3)c1. The van der Waals surface area contributed by atoms with Gasteiger partial charge in [-0.25, -0.2) is 4.79 Å². The van der Waals surface area contributed by atoms with E-state index in [4.69, 9.17) is 9.47 Å². The Hall–Kier alpha value is -3.22. The number of hydrogen-bond donors (Lipinski definition) is 2. The van der Waals surface area contributed by atoms with Crippen molar-refractivity contribution in [3.8, 4) is 11.5 Å². The molecule has 3 aromatic rings. The molecule has 1 heterocycles. The summed E-state index contributed by atoms with van der Waals surface area (Å²) in [6.45, 7) is 4.54. The molecule has 2 aromatic carbocycles. The fraction of sp³-hybridized carbons (Fsp3) is 0.333. The minimum Gasteiger partial charge on any atom is -0.462 e. The molecule has 0 saturated carbocycles. The van der Waals surface area contributed by atoms with Gasteiger partial charge >= 0.3 is 5.97 Å². The van der Waals surface area contributed by atoms with Crippen LogP contribution in [-0.4, -0.2) is 35.3 Å². The average Bonchev–Trinajstić information content (AvgIpc) is 2.83. The van der Waals surface area contributed by atoms with Gasteiger partial charge in [0.05, 0.1) is 18.3 Å². The summed E-state index contributed by atoms with van der Waals surface area (Å²) in [5.74, 6) is 0.980. The minimum atomic E-state index is -0.583. The van der Waals surface area contributed by atoms with E-state index in [0.29, 0.717) is 24.5 Å². The zero-order valence-electron chi connectivity index (χ0n) is 19.1. The molecule has 1 aromatic heterocycles. The normalized spacial score (nSPS) is 16.0. The Kier molecular flexibility index (Phi) is 7.37. The number of fused-ring (bicyclic) bond motifs is 1. The summed E-state index contributed by atoms with van der Waals surface area (Å²) in [4.78, 5) is 16.3. The first-order chi connectivity index (χ1) is 16.0. The van der Waals surface area contributed by atoms with E-state index in [9.17, 15) is 9.90 Å². The molecule has 0 spiro atoms. The van der Waals surface area contributed by atoms with E-state index >= 15 is 0 Å². The molecule has 0 aliphatic heterocycles. The molecule has 172 valence electrons. The highest BCUT2D eigenvalue weighted by Crippen LogP contribution is 2.29. The summed E-state index contributed by atoms with van der Waals surface area (Å²) in [5, 5.41) is 14.0. The van der Waals surface area contributed by atoms with Crippen LogP contribution in [0.5, 0.6) is 11.5 Å². The van der Waals surface area contributed by atoms with Crippen LogP contribution in [0.1, 0.15) is 52.2 Å². The van der Waals surface area contributed by atoms with Crippen molar-refractivity contribution in [2.75, 3.05) is 13.2 Å². The number of carbonyl (C=O) groups is 1. The molecule has 0 fully saturated rings. The molecular formula is C27H30N2O4. The standard InChI is InChI=1S/C27H30N2O4/c1-3-32-27(31)20-5-4-6-24(14-20)33-25-12-10-19-9-11-23(13-22(19)15-25)29-17-26(30)21-8-7-18(2)28-16-21/h4-8,10,12,14-16,23,26,29-30H,3,9,11,13,17H2,1-2H3/t23-,26+/m0/s1. The fourth-order valence-electron chi connectivity index (χ4n) is 4.08. The van der Waals surface area contributed by atoms with E-state index in [0.717, 1.165) is 36.3 Å². The van der Waals surface area contributed by atoms with Crippen molar-refractivity contribution >= 4 is 5.97 Å². The Morgan fingerprint density at radius 2 is 2.00 bits per heavy atom. The molecule has 1 aliphatic rings. The van der Waals surface area contributed by atoms with Crippen molar-refractivity contribution < 1.29 is 19.4 Å². The molecule has 33 heavy (non-hydrogen) atoms. The number of hydrogen-bond acceptors (Lipinski definition) is 6. The highest BCUT2D eigenvalue weighted by Gasteiger charge is 2.20. The van der Waals surface area contributed by atoms with Crippen LogP contribution in [0.2, 0.25) is 0 Å². The summed E-state index contributed by atoms with van der Waals surface area (Å²) in [6.07, 6.45) is 4.02. The maximum Gasteiger partial charge on any atom is 0.338 e. The van der Waals surface area contributed by atoms with Gasteiger partial charge in [0.2, 0.25) is 0 Å². The summed E-state index contributed by atoms with van der Waals surface area (Å²) < 4.78 is 11.1. The van der Waals surface area contributed by atoms with Crippen molar-refractivity contribution in [1.82, 2.24) is 10.3 Å². The predicted molar refractivity (Wildman–Crippen MR) is 127 cm³/mol. The van der Waals surface area contributed by atoms with E-state index in [1.54, 1.807) is 31.3 Å². The van der Waals surface area contributed by atoms with Crippen LogP contribution in [0.25, 0.3) is 0 Å². The number of nitrogens with zero attached hydrogens (tertiary/aromatic N) is 1. The first-order valence-corrected chi connectivity index (χ1v) is 11.4. The number of aliphatic hydroxyl groups is 1. The Labute approximate surface area is 194 Å². The highest BCUT2D eigenvalue weighted by atomic mass is 16.5. The van der Waals surface area contributed by atoms with Crippen LogP contribution in [0.15, 0.2) is 60.8 Å². The zero-order chi connectivity index (χ0) is 23.2. The smallest absolute Gasteiger partial charge is 0.338 e. The minimum absolute atomic E-state index is 0.285. The number of benzene rings is 2. The van der Waals surface area contributed by atoms with Crippen molar-refractivity contribution in [2.45, 2.75) is 45.3 Å². The quantitative estimate of drug-likeness (QED) is 0.495. The van der Waals surface area contributed by atoms with Crippen molar-refractivity contribution in [1.29, 1.82) is 0 Å². The molecule has 0 bridgehead atoms. The van der Waals surface area contributed by atoms with Gasteiger partial charge in [0.15, 0.2) is 0 Å². The molecule has 0 unspecified atom stereocenters. The first-order valence-electron chi connectivity index (χ1n) is 11.4. The number of aliphatic hydroxyl groups excluding tert-OH is 1. The average molecular weight is 447 g/mol. The maximum absolute atomic E-state index is 12.0. The number of carbonyl (C=O) groups excluding carboxylic acids is 1. The lowest BCUT2D eigenvalue weighted by Crippen LogP contribution is -2.37. The molecule has 2 atom stereocenters.